The van der Waals surface area contributed by atoms with Crippen LogP contribution in [0.2, 0.25) is 0 Å². The standard InChI is InChI=1S/C40H51N7O8/c1-24-19-32-40(54)55-26(3)34(44-35(49)29(20-27-11-5-4-6-12-27)43-33(48)21-28-13-9-16-41-22-28)39(53)46-18-10-15-31(46)38(52)45-17-8-7-14-30(45)36(50)42-25(2)37(51)47(32)23-24/h4-6,9,11-13,16,22,24-26,29-32,34H,7-8,10,14-15,17-21,23H2,1-3H3,(H,42,50)(H,43,48)(H,44,49)/t24-,25+,26+,29+,30+,31+,32+,34+/m1/s1. The fourth-order valence-electron chi connectivity index (χ4n) is 8.21. The molecule has 15 heteroatoms. The Bertz CT molecular complexity index is 1760. The van der Waals surface area contributed by atoms with Gasteiger partial charge in [-0.2, -0.15) is 0 Å². The van der Waals surface area contributed by atoms with Crippen LogP contribution in [0.1, 0.15) is 70.4 Å². The molecular weight excluding hydrogens is 706 g/mol. The molecule has 0 aliphatic carbocycles. The van der Waals surface area contributed by atoms with Gasteiger partial charge in [-0.15, -0.1) is 0 Å². The van der Waals surface area contributed by atoms with E-state index >= 15 is 0 Å². The number of nitrogens with one attached hydrogen (secondary N) is 3. The Morgan fingerprint density at radius 2 is 1.55 bits per heavy atom. The van der Waals surface area contributed by atoms with Crippen LogP contribution in [0.4, 0.5) is 0 Å². The van der Waals surface area contributed by atoms with Gasteiger partial charge in [-0.05, 0) is 75.5 Å². The Morgan fingerprint density at radius 3 is 2.29 bits per heavy atom. The van der Waals surface area contributed by atoms with Crippen molar-refractivity contribution in [1.29, 1.82) is 0 Å². The van der Waals surface area contributed by atoms with Crippen LogP contribution in [0.3, 0.4) is 0 Å². The highest BCUT2D eigenvalue weighted by atomic mass is 16.5. The molecule has 2 aromatic rings. The fourth-order valence-corrected chi connectivity index (χ4v) is 8.21. The lowest BCUT2D eigenvalue weighted by Crippen LogP contribution is -2.63. The lowest BCUT2D eigenvalue weighted by Gasteiger charge is -2.39. The number of carbonyl (C=O) groups excluding carboxylic acids is 7. The van der Waals surface area contributed by atoms with Crippen molar-refractivity contribution in [3.05, 3.63) is 66.0 Å². The van der Waals surface area contributed by atoms with Gasteiger partial charge in [0.05, 0.1) is 6.42 Å². The minimum Gasteiger partial charge on any atom is -0.458 e. The number of ether oxygens (including phenoxy) is 1. The molecule has 0 saturated carbocycles. The maximum Gasteiger partial charge on any atom is 0.329 e. The summed E-state index contributed by atoms with van der Waals surface area (Å²) in [5, 5.41) is 8.42. The normalized spacial score (nSPS) is 28.4. The van der Waals surface area contributed by atoms with Crippen molar-refractivity contribution in [2.24, 2.45) is 5.92 Å². The highest BCUT2D eigenvalue weighted by Crippen LogP contribution is 2.28. The van der Waals surface area contributed by atoms with Crippen LogP contribution in [0.15, 0.2) is 54.9 Å². The summed E-state index contributed by atoms with van der Waals surface area (Å²) in [5.74, 6) is -3.85. The van der Waals surface area contributed by atoms with Crippen LogP contribution in [0.5, 0.6) is 0 Å². The predicted octanol–water partition coefficient (Wildman–Crippen LogP) is 0.896. The first-order chi connectivity index (χ1) is 26.4. The quantitative estimate of drug-likeness (QED) is 0.345. The summed E-state index contributed by atoms with van der Waals surface area (Å²) in [6.07, 6.45) is 4.93. The van der Waals surface area contributed by atoms with Crippen molar-refractivity contribution < 1.29 is 38.3 Å². The molecular formula is C40H51N7O8. The van der Waals surface area contributed by atoms with Crippen LogP contribution in [0, 0.1) is 5.92 Å². The van der Waals surface area contributed by atoms with Gasteiger partial charge in [0, 0.05) is 38.4 Å². The number of rotatable bonds is 7. The molecule has 8 atom stereocenters. The molecule has 4 fully saturated rings. The van der Waals surface area contributed by atoms with Gasteiger partial charge in [-0.3, -0.25) is 33.8 Å². The SMILES string of the molecule is C[C@@H]1C[C@H]2C(=O)O[C@@H](C)[C@H](NC(=O)[C@H](Cc3ccccc3)NC(=O)Cc3cccnc3)C(=O)N3CCC[C@H]3C(=O)N3CCCC[C@H]3C(=O)N[C@@H](C)C(=O)N2C1. The van der Waals surface area contributed by atoms with E-state index in [4.69, 9.17) is 4.74 Å². The number of cyclic esters (lactones) is 1. The average molecular weight is 758 g/mol. The van der Waals surface area contributed by atoms with Crippen LogP contribution in [-0.2, 0) is 51.1 Å². The topological polar surface area (TPSA) is 187 Å². The van der Waals surface area contributed by atoms with Crippen LogP contribution >= 0.6 is 0 Å². The largest absolute Gasteiger partial charge is 0.458 e. The summed E-state index contributed by atoms with van der Waals surface area (Å²) < 4.78 is 5.95. The summed E-state index contributed by atoms with van der Waals surface area (Å²) in [7, 11) is 0. The first kappa shape index (κ1) is 39.4. The van der Waals surface area contributed by atoms with Gasteiger partial charge in [0.25, 0.3) is 0 Å². The third kappa shape index (κ3) is 9.14. The number of fused-ring (bicyclic) bond motifs is 3. The molecule has 55 heavy (non-hydrogen) atoms. The van der Waals surface area contributed by atoms with Gasteiger partial charge in [0.15, 0.2) is 0 Å². The molecule has 3 N–H and O–H groups in total. The molecule has 4 aliphatic rings. The number of amides is 6. The van der Waals surface area contributed by atoms with E-state index in [2.05, 4.69) is 20.9 Å². The van der Waals surface area contributed by atoms with E-state index in [1.165, 1.54) is 21.6 Å². The van der Waals surface area contributed by atoms with Crippen molar-refractivity contribution >= 4 is 41.4 Å². The lowest BCUT2D eigenvalue weighted by atomic mass is 9.99. The predicted molar refractivity (Wildman–Crippen MR) is 198 cm³/mol. The van der Waals surface area contributed by atoms with Gasteiger partial charge < -0.3 is 35.4 Å². The second-order valence-electron chi connectivity index (χ2n) is 15.3. The summed E-state index contributed by atoms with van der Waals surface area (Å²) in [4.78, 5) is 106. The van der Waals surface area contributed by atoms with Crippen molar-refractivity contribution in [2.45, 2.75) is 114 Å². The van der Waals surface area contributed by atoms with Crippen molar-refractivity contribution in [3.8, 4) is 0 Å². The third-order valence-corrected chi connectivity index (χ3v) is 11.1. The molecule has 6 rings (SSSR count). The highest BCUT2D eigenvalue weighted by Gasteiger charge is 2.47. The zero-order valence-corrected chi connectivity index (χ0v) is 31.6. The second-order valence-corrected chi connectivity index (χ2v) is 15.3. The van der Waals surface area contributed by atoms with Crippen LogP contribution in [0.25, 0.3) is 0 Å². The number of carbonyl (C=O) groups is 7. The molecule has 4 aliphatic heterocycles. The molecule has 0 unspecified atom stereocenters. The van der Waals surface area contributed by atoms with Crippen molar-refractivity contribution in [2.75, 3.05) is 19.6 Å². The number of hydrogen-bond donors (Lipinski definition) is 3. The van der Waals surface area contributed by atoms with E-state index in [9.17, 15) is 33.6 Å². The Hall–Kier alpha value is -5.34. The first-order valence-corrected chi connectivity index (χ1v) is 19.4. The zero-order chi connectivity index (χ0) is 39.2. The van der Waals surface area contributed by atoms with Crippen molar-refractivity contribution in [3.63, 3.8) is 0 Å². The second kappa shape index (κ2) is 17.4. The molecule has 1 aromatic carbocycles. The number of esters is 1. The highest BCUT2D eigenvalue weighted by molar-refractivity contribution is 5.98. The Labute approximate surface area is 320 Å². The maximum absolute atomic E-state index is 14.7. The fraction of sp³-hybridized carbons (Fsp3) is 0.550. The number of nitrogens with zero attached hydrogens (tertiary/aromatic N) is 4. The molecule has 1 aromatic heterocycles. The Kier molecular flexibility index (Phi) is 12.5. The van der Waals surface area contributed by atoms with Gasteiger partial charge in [-0.1, -0.05) is 43.3 Å². The Morgan fingerprint density at radius 1 is 0.836 bits per heavy atom. The Balaban J connectivity index is 1.32. The van der Waals surface area contributed by atoms with E-state index in [0.717, 1.165) is 5.56 Å². The van der Waals surface area contributed by atoms with E-state index in [1.807, 2.05) is 37.3 Å². The summed E-state index contributed by atoms with van der Waals surface area (Å²) in [5.41, 5.74) is 1.40. The van der Waals surface area contributed by atoms with Gasteiger partial charge in [0.1, 0.15) is 42.4 Å². The number of piperidine rings is 1. The van der Waals surface area contributed by atoms with E-state index < -0.39 is 77.9 Å². The molecule has 15 nitrogen and oxygen atoms in total. The molecule has 0 spiro atoms. The molecule has 5 heterocycles. The summed E-state index contributed by atoms with van der Waals surface area (Å²) in [6, 6.07) is 6.29. The van der Waals surface area contributed by atoms with Crippen LogP contribution in [-0.4, -0.2) is 123 Å². The first-order valence-electron chi connectivity index (χ1n) is 19.4. The zero-order valence-electron chi connectivity index (χ0n) is 31.6. The summed E-state index contributed by atoms with van der Waals surface area (Å²) in [6.45, 7) is 5.76. The van der Waals surface area contributed by atoms with E-state index in [1.54, 1.807) is 31.5 Å². The molecule has 6 amide bonds. The van der Waals surface area contributed by atoms with Crippen LogP contribution < -0.4 is 16.0 Å². The molecule has 4 saturated heterocycles. The van der Waals surface area contributed by atoms with Gasteiger partial charge in [0.2, 0.25) is 35.4 Å². The minimum atomic E-state index is -1.45. The minimum absolute atomic E-state index is 0.0382. The maximum atomic E-state index is 14.7. The van der Waals surface area contributed by atoms with E-state index in [-0.39, 0.29) is 37.8 Å². The number of aromatic nitrogens is 1. The van der Waals surface area contributed by atoms with E-state index in [0.29, 0.717) is 50.6 Å². The van der Waals surface area contributed by atoms with Crippen molar-refractivity contribution in [1.82, 2.24) is 35.6 Å². The number of hydrogen-bond acceptors (Lipinski definition) is 9. The number of pyridine rings is 1. The van der Waals surface area contributed by atoms with Gasteiger partial charge in [-0.25, -0.2) is 4.79 Å². The summed E-state index contributed by atoms with van der Waals surface area (Å²) >= 11 is 0. The average Bonchev–Trinajstić information content (AvgIpc) is 3.83. The number of benzene rings is 1. The molecule has 0 radical (unpaired) electrons. The molecule has 294 valence electrons. The molecule has 0 bridgehead atoms. The van der Waals surface area contributed by atoms with Gasteiger partial charge >= 0.3 is 5.97 Å². The lowest BCUT2D eigenvalue weighted by molar-refractivity contribution is -0.163. The third-order valence-electron chi connectivity index (χ3n) is 11.1. The monoisotopic (exact) mass is 757 g/mol. The smallest absolute Gasteiger partial charge is 0.329 e.